The molecule has 1 aliphatic heterocycles. The maximum absolute atomic E-state index is 11.8. The average Bonchev–Trinajstić information content (AvgIpc) is 2.83. The SMILES string of the molecule is CC(C)CC1NC(C)C(=O)N1C1CC1. The Balaban J connectivity index is 2.04. The number of amides is 1. The molecule has 2 atom stereocenters. The number of hydrogen-bond donors (Lipinski definition) is 1. The molecule has 2 rings (SSSR count). The normalized spacial score (nSPS) is 33.1. The largest absolute Gasteiger partial charge is 0.323 e. The van der Waals surface area contributed by atoms with Gasteiger partial charge in [-0.05, 0) is 32.1 Å². The molecule has 2 aliphatic rings. The van der Waals surface area contributed by atoms with Gasteiger partial charge in [-0.1, -0.05) is 13.8 Å². The van der Waals surface area contributed by atoms with E-state index in [1.54, 1.807) is 0 Å². The van der Waals surface area contributed by atoms with Crippen molar-refractivity contribution in [3.63, 3.8) is 0 Å². The molecule has 1 aliphatic carbocycles. The monoisotopic (exact) mass is 196 g/mol. The van der Waals surface area contributed by atoms with Crippen LogP contribution in [0.1, 0.15) is 40.0 Å². The first-order valence-electron chi connectivity index (χ1n) is 5.68. The Morgan fingerprint density at radius 3 is 2.64 bits per heavy atom. The second kappa shape index (κ2) is 3.54. The van der Waals surface area contributed by atoms with Crippen molar-refractivity contribution in [2.75, 3.05) is 0 Å². The maximum Gasteiger partial charge on any atom is 0.240 e. The number of nitrogens with one attached hydrogen (secondary N) is 1. The molecule has 1 N–H and O–H groups in total. The van der Waals surface area contributed by atoms with Crippen LogP contribution in [0.4, 0.5) is 0 Å². The summed E-state index contributed by atoms with van der Waals surface area (Å²) in [6.45, 7) is 6.39. The van der Waals surface area contributed by atoms with Crippen molar-refractivity contribution < 1.29 is 4.79 Å². The number of carbonyl (C=O) groups excluding carboxylic acids is 1. The lowest BCUT2D eigenvalue weighted by Gasteiger charge is -2.25. The summed E-state index contributed by atoms with van der Waals surface area (Å²) in [4.78, 5) is 13.9. The van der Waals surface area contributed by atoms with Crippen LogP contribution in [0.15, 0.2) is 0 Å². The molecular formula is C11H20N2O. The summed E-state index contributed by atoms with van der Waals surface area (Å²) in [6, 6.07) is 0.572. The predicted molar refractivity (Wildman–Crippen MR) is 55.7 cm³/mol. The molecule has 1 heterocycles. The maximum atomic E-state index is 11.8. The lowest BCUT2D eigenvalue weighted by atomic mass is 10.1. The van der Waals surface area contributed by atoms with Gasteiger partial charge in [0.05, 0.1) is 12.2 Å². The zero-order valence-electron chi connectivity index (χ0n) is 9.29. The lowest BCUT2D eigenvalue weighted by molar-refractivity contribution is -0.130. The number of carbonyl (C=O) groups is 1. The molecule has 1 saturated carbocycles. The Morgan fingerprint density at radius 1 is 1.50 bits per heavy atom. The molecule has 3 nitrogen and oxygen atoms in total. The van der Waals surface area contributed by atoms with Crippen LogP contribution in [0.25, 0.3) is 0 Å². The minimum atomic E-state index is 0.0272. The summed E-state index contributed by atoms with van der Waals surface area (Å²) in [5.41, 5.74) is 0. The van der Waals surface area contributed by atoms with Gasteiger partial charge in [0.25, 0.3) is 0 Å². The number of rotatable bonds is 3. The second-order valence-electron chi connectivity index (χ2n) is 5.01. The van der Waals surface area contributed by atoms with Gasteiger partial charge in [0, 0.05) is 6.04 Å². The third-order valence-corrected chi connectivity index (χ3v) is 3.04. The standard InChI is InChI=1S/C11H20N2O/c1-7(2)6-10-12-8(3)11(14)13(10)9-4-5-9/h7-10,12H,4-6H2,1-3H3. The average molecular weight is 196 g/mol. The molecule has 1 saturated heterocycles. The van der Waals surface area contributed by atoms with E-state index in [-0.39, 0.29) is 6.04 Å². The van der Waals surface area contributed by atoms with E-state index < -0.39 is 0 Å². The van der Waals surface area contributed by atoms with Crippen LogP contribution >= 0.6 is 0 Å². The first-order chi connectivity index (χ1) is 6.59. The van der Waals surface area contributed by atoms with Gasteiger partial charge in [-0.2, -0.15) is 0 Å². The Labute approximate surface area is 85.8 Å². The Morgan fingerprint density at radius 2 is 2.14 bits per heavy atom. The van der Waals surface area contributed by atoms with Gasteiger partial charge in [-0.25, -0.2) is 0 Å². The third-order valence-electron chi connectivity index (χ3n) is 3.04. The van der Waals surface area contributed by atoms with Crippen LogP contribution in [-0.4, -0.2) is 29.1 Å². The van der Waals surface area contributed by atoms with E-state index in [4.69, 9.17) is 0 Å². The van der Waals surface area contributed by atoms with Crippen LogP contribution in [0, 0.1) is 5.92 Å². The van der Waals surface area contributed by atoms with Crippen LogP contribution in [0.5, 0.6) is 0 Å². The van der Waals surface area contributed by atoms with Crippen molar-refractivity contribution in [3.05, 3.63) is 0 Å². The van der Waals surface area contributed by atoms with Gasteiger partial charge < -0.3 is 4.90 Å². The molecule has 0 bridgehead atoms. The minimum Gasteiger partial charge on any atom is -0.323 e. The topological polar surface area (TPSA) is 32.3 Å². The molecular weight excluding hydrogens is 176 g/mol. The fourth-order valence-electron chi connectivity index (χ4n) is 2.23. The highest BCUT2D eigenvalue weighted by atomic mass is 16.2. The van der Waals surface area contributed by atoms with Crippen LogP contribution in [0.2, 0.25) is 0 Å². The highest BCUT2D eigenvalue weighted by molar-refractivity contribution is 5.84. The molecule has 14 heavy (non-hydrogen) atoms. The fraction of sp³-hybridized carbons (Fsp3) is 0.909. The zero-order valence-corrected chi connectivity index (χ0v) is 9.29. The Hall–Kier alpha value is -0.570. The first-order valence-corrected chi connectivity index (χ1v) is 5.68. The predicted octanol–water partition coefficient (Wildman–Crippen LogP) is 1.34. The van der Waals surface area contributed by atoms with Gasteiger partial charge in [0.2, 0.25) is 5.91 Å². The lowest BCUT2D eigenvalue weighted by Crippen LogP contribution is -2.39. The van der Waals surface area contributed by atoms with E-state index in [0.29, 0.717) is 24.0 Å². The van der Waals surface area contributed by atoms with E-state index in [1.165, 1.54) is 12.8 Å². The third kappa shape index (κ3) is 1.78. The summed E-state index contributed by atoms with van der Waals surface area (Å²) < 4.78 is 0. The first kappa shape index (κ1) is 9.97. The van der Waals surface area contributed by atoms with Crippen molar-refractivity contribution in [3.8, 4) is 0 Å². The molecule has 3 heteroatoms. The van der Waals surface area contributed by atoms with Crippen LogP contribution in [-0.2, 0) is 4.79 Å². The molecule has 0 aromatic rings. The smallest absolute Gasteiger partial charge is 0.240 e. The van der Waals surface area contributed by atoms with E-state index in [1.807, 2.05) is 6.92 Å². The molecule has 2 unspecified atom stereocenters. The summed E-state index contributed by atoms with van der Waals surface area (Å²) in [7, 11) is 0. The van der Waals surface area contributed by atoms with Gasteiger partial charge >= 0.3 is 0 Å². The number of hydrogen-bond acceptors (Lipinski definition) is 2. The van der Waals surface area contributed by atoms with Crippen molar-refractivity contribution in [1.29, 1.82) is 0 Å². The van der Waals surface area contributed by atoms with Gasteiger partial charge in [0.15, 0.2) is 0 Å². The number of nitrogens with zero attached hydrogens (tertiary/aromatic N) is 1. The van der Waals surface area contributed by atoms with Crippen LogP contribution in [0.3, 0.4) is 0 Å². The minimum absolute atomic E-state index is 0.0272. The molecule has 80 valence electrons. The Bertz CT molecular complexity index is 235. The summed E-state index contributed by atoms with van der Waals surface area (Å²) in [5.74, 6) is 0.949. The fourth-order valence-corrected chi connectivity index (χ4v) is 2.23. The molecule has 1 amide bonds. The Kier molecular flexibility index (Phi) is 2.52. The van der Waals surface area contributed by atoms with Crippen molar-refractivity contribution in [2.45, 2.75) is 58.3 Å². The van der Waals surface area contributed by atoms with Gasteiger partial charge in [-0.15, -0.1) is 0 Å². The van der Waals surface area contributed by atoms with E-state index in [9.17, 15) is 4.79 Å². The van der Waals surface area contributed by atoms with Gasteiger partial charge in [-0.3, -0.25) is 10.1 Å². The molecule has 0 radical (unpaired) electrons. The molecule has 2 fully saturated rings. The highest BCUT2D eigenvalue weighted by Crippen LogP contribution is 2.32. The zero-order chi connectivity index (χ0) is 10.3. The van der Waals surface area contributed by atoms with Crippen molar-refractivity contribution in [2.24, 2.45) is 5.92 Å². The molecule has 0 aromatic carbocycles. The van der Waals surface area contributed by atoms with E-state index in [2.05, 4.69) is 24.1 Å². The van der Waals surface area contributed by atoms with Crippen molar-refractivity contribution in [1.82, 2.24) is 10.2 Å². The van der Waals surface area contributed by atoms with E-state index >= 15 is 0 Å². The van der Waals surface area contributed by atoms with Gasteiger partial charge in [0.1, 0.15) is 0 Å². The van der Waals surface area contributed by atoms with Crippen LogP contribution < -0.4 is 5.32 Å². The quantitative estimate of drug-likeness (QED) is 0.739. The summed E-state index contributed by atoms with van der Waals surface area (Å²) in [5, 5.41) is 3.38. The van der Waals surface area contributed by atoms with Crippen molar-refractivity contribution >= 4 is 5.91 Å². The second-order valence-corrected chi connectivity index (χ2v) is 5.01. The summed E-state index contributed by atoms with van der Waals surface area (Å²) in [6.07, 6.45) is 3.78. The summed E-state index contributed by atoms with van der Waals surface area (Å²) >= 11 is 0. The highest BCUT2D eigenvalue weighted by Gasteiger charge is 2.44. The molecule has 0 spiro atoms. The van der Waals surface area contributed by atoms with E-state index in [0.717, 1.165) is 6.42 Å². The molecule has 0 aromatic heterocycles.